The van der Waals surface area contributed by atoms with Crippen LogP contribution in [0.1, 0.15) is 52.8 Å². The van der Waals surface area contributed by atoms with Gasteiger partial charge in [0.05, 0.1) is 5.04 Å². The lowest BCUT2D eigenvalue weighted by Crippen LogP contribution is -2.41. The second-order valence-electron chi connectivity index (χ2n) is 8.23. The van der Waals surface area contributed by atoms with Crippen molar-refractivity contribution in [2.45, 2.75) is 32.1 Å². The van der Waals surface area contributed by atoms with E-state index in [1.807, 2.05) is 24.3 Å². The van der Waals surface area contributed by atoms with Crippen LogP contribution in [0.3, 0.4) is 0 Å². The molecule has 1 atom stereocenters. The fourth-order valence-electron chi connectivity index (χ4n) is 4.95. The molecule has 6 rings (SSSR count). The van der Waals surface area contributed by atoms with E-state index in [2.05, 4.69) is 9.98 Å². The Kier molecular flexibility index (Phi) is 4.21. The average molecular weight is 430 g/mol. The van der Waals surface area contributed by atoms with Crippen molar-refractivity contribution in [3.05, 3.63) is 58.0 Å². The molecule has 3 heterocycles. The zero-order valence-electron chi connectivity index (χ0n) is 16.8. The Morgan fingerprint density at radius 2 is 1.65 bits per heavy atom. The predicted molar refractivity (Wildman–Crippen MR) is 120 cm³/mol. The van der Waals surface area contributed by atoms with Crippen molar-refractivity contribution in [2.24, 2.45) is 15.9 Å². The standard InChI is InChI=1S/C24H19N3O3S/c28-21-20-14-7-1-2-10-17(14)31-22(20)26-18(25-21)11-12-27-23(29)15-8-3-5-13-6-4-9-16(19(13)15)24(27)30/h3-6,8-9,20H,1-2,7,10-12H2. The number of fused-ring (bicyclic) bond motifs is 2. The van der Waals surface area contributed by atoms with Gasteiger partial charge >= 0.3 is 0 Å². The molecule has 31 heavy (non-hydrogen) atoms. The molecule has 4 aliphatic rings. The van der Waals surface area contributed by atoms with Crippen LogP contribution in [0, 0.1) is 5.92 Å². The molecular formula is C24H19N3O3S. The first-order chi connectivity index (χ1) is 15.1. The number of nitrogens with zero attached hydrogens (tertiary/aromatic N) is 3. The second kappa shape index (κ2) is 6.99. The van der Waals surface area contributed by atoms with E-state index in [0.717, 1.165) is 36.1 Å². The van der Waals surface area contributed by atoms with Crippen LogP contribution in [0.5, 0.6) is 0 Å². The van der Waals surface area contributed by atoms with Gasteiger partial charge in [0.25, 0.3) is 17.7 Å². The maximum absolute atomic E-state index is 13.1. The minimum atomic E-state index is -0.310. The lowest BCUT2D eigenvalue weighted by molar-refractivity contribution is -0.118. The summed E-state index contributed by atoms with van der Waals surface area (Å²) >= 11 is 1.62. The van der Waals surface area contributed by atoms with E-state index in [4.69, 9.17) is 0 Å². The Hall–Kier alpha value is -3.06. The van der Waals surface area contributed by atoms with Crippen LogP contribution in [0.25, 0.3) is 10.8 Å². The molecule has 7 heteroatoms. The van der Waals surface area contributed by atoms with E-state index in [9.17, 15) is 14.4 Å². The van der Waals surface area contributed by atoms with Crippen LogP contribution in [0.15, 0.2) is 56.9 Å². The number of carbonyl (C=O) groups excluding carboxylic acids is 3. The number of rotatable bonds is 3. The second-order valence-corrected chi connectivity index (χ2v) is 9.34. The molecule has 0 N–H and O–H groups in total. The van der Waals surface area contributed by atoms with Crippen LogP contribution < -0.4 is 0 Å². The number of benzene rings is 2. The molecule has 1 aliphatic carbocycles. The van der Waals surface area contributed by atoms with E-state index < -0.39 is 0 Å². The monoisotopic (exact) mass is 429 g/mol. The molecule has 6 nitrogen and oxygen atoms in total. The van der Waals surface area contributed by atoms with Gasteiger partial charge in [-0.3, -0.25) is 19.3 Å². The first-order valence-electron chi connectivity index (χ1n) is 10.6. The highest BCUT2D eigenvalue weighted by Gasteiger charge is 2.41. The molecule has 0 saturated carbocycles. The predicted octanol–water partition coefficient (Wildman–Crippen LogP) is 4.35. The minimum Gasteiger partial charge on any atom is -0.274 e. The van der Waals surface area contributed by atoms with Gasteiger partial charge in [-0.2, -0.15) is 4.99 Å². The maximum Gasteiger partial charge on any atom is 0.261 e. The Morgan fingerprint density at radius 3 is 2.39 bits per heavy atom. The summed E-state index contributed by atoms with van der Waals surface area (Å²) in [6, 6.07) is 11.0. The first kappa shape index (κ1) is 18.7. The molecule has 1 unspecified atom stereocenters. The molecule has 0 saturated heterocycles. The molecule has 0 bridgehead atoms. The van der Waals surface area contributed by atoms with Gasteiger partial charge in [0, 0.05) is 29.5 Å². The summed E-state index contributed by atoms with van der Waals surface area (Å²) in [4.78, 5) is 50.3. The molecule has 0 aromatic heterocycles. The quantitative estimate of drug-likeness (QED) is 0.680. The molecule has 2 aromatic carbocycles. The van der Waals surface area contributed by atoms with Gasteiger partial charge in [-0.05, 0) is 53.7 Å². The van der Waals surface area contributed by atoms with Crippen LogP contribution in [0.2, 0.25) is 0 Å². The van der Waals surface area contributed by atoms with Gasteiger partial charge in [0.15, 0.2) is 0 Å². The summed E-state index contributed by atoms with van der Waals surface area (Å²) in [6.45, 7) is 0.147. The highest BCUT2D eigenvalue weighted by atomic mass is 32.2. The summed E-state index contributed by atoms with van der Waals surface area (Å²) in [6.07, 6.45) is 4.49. The Balaban J connectivity index is 1.25. The van der Waals surface area contributed by atoms with Gasteiger partial charge in [-0.15, -0.1) is 0 Å². The summed E-state index contributed by atoms with van der Waals surface area (Å²) < 4.78 is 0. The summed E-state index contributed by atoms with van der Waals surface area (Å²) in [5.74, 6) is -0.677. The zero-order chi connectivity index (χ0) is 21.1. The van der Waals surface area contributed by atoms with E-state index in [-0.39, 0.29) is 36.6 Å². The van der Waals surface area contributed by atoms with Crippen LogP contribution >= 0.6 is 11.8 Å². The smallest absolute Gasteiger partial charge is 0.261 e. The van der Waals surface area contributed by atoms with Crippen LogP contribution in [-0.4, -0.2) is 40.0 Å². The SMILES string of the molecule is O=C1N=C(CCN2C(=O)c3cccc4cccc(c34)C2=O)N=C2SC3=C(CCCC3)C12. The van der Waals surface area contributed by atoms with Crippen molar-refractivity contribution in [1.29, 1.82) is 0 Å². The van der Waals surface area contributed by atoms with Crippen LogP contribution in [-0.2, 0) is 4.79 Å². The topological polar surface area (TPSA) is 79.2 Å². The van der Waals surface area contributed by atoms with Crippen molar-refractivity contribution in [3.63, 3.8) is 0 Å². The van der Waals surface area contributed by atoms with Gasteiger partial charge in [-0.25, -0.2) is 4.99 Å². The third-order valence-corrected chi connectivity index (χ3v) is 7.67. The fraction of sp³-hybridized carbons (Fsp3) is 0.292. The summed E-state index contributed by atoms with van der Waals surface area (Å²) in [5, 5.41) is 2.41. The number of amides is 3. The Bertz CT molecular complexity index is 1240. The van der Waals surface area contributed by atoms with Crippen molar-refractivity contribution >= 4 is 51.1 Å². The molecule has 0 spiro atoms. The molecular weight excluding hydrogens is 410 g/mol. The van der Waals surface area contributed by atoms with Crippen LogP contribution in [0.4, 0.5) is 0 Å². The van der Waals surface area contributed by atoms with E-state index in [1.165, 1.54) is 15.4 Å². The lowest BCUT2D eigenvalue weighted by Gasteiger charge is -2.27. The minimum absolute atomic E-state index is 0.147. The summed E-state index contributed by atoms with van der Waals surface area (Å²) in [7, 11) is 0. The van der Waals surface area contributed by atoms with Crippen molar-refractivity contribution in [3.8, 4) is 0 Å². The normalized spacial score (nSPS) is 22.5. The Morgan fingerprint density at radius 1 is 0.935 bits per heavy atom. The van der Waals surface area contributed by atoms with Gasteiger partial charge < -0.3 is 0 Å². The average Bonchev–Trinajstić information content (AvgIpc) is 3.16. The van der Waals surface area contributed by atoms with Crippen molar-refractivity contribution in [2.75, 3.05) is 6.54 Å². The summed E-state index contributed by atoms with van der Waals surface area (Å²) in [5.41, 5.74) is 2.27. The largest absolute Gasteiger partial charge is 0.274 e. The molecule has 3 amide bonds. The molecule has 2 aromatic rings. The molecule has 0 fully saturated rings. The number of carbonyl (C=O) groups is 3. The van der Waals surface area contributed by atoms with Crippen molar-refractivity contribution < 1.29 is 14.4 Å². The third-order valence-electron chi connectivity index (χ3n) is 6.42. The highest BCUT2D eigenvalue weighted by molar-refractivity contribution is 8.17. The number of hydrogen-bond acceptors (Lipinski definition) is 5. The number of hydrogen-bond donors (Lipinski definition) is 0. The van der Waals surface area contributed by atoms with E-state index >= 15 is 0 Å². The molecule has 154 valence electrons. The number of thioether (sulfide) groups is 1. The van der Waals surface area contributed by atoms with E-state index in [0.29, 0.717) is 22.3 Å². The fourth-order valence-corrected chi connectivity index (χ4v) is 6.31. The third kappa shape index (κ3) is 2.83. The maximum atomic E-state index is 13.1. The highest BCUT2D eigenvalue weighted by Crippen LogP contribution is 2.47. The number of amidine groups is 1. The molecule has 3 aliphatic heterocycles. The van der Waals surface area contributed by atoms with Gasteiger partial charge in [0.2, 0.25) is 0 Å². The number of aliphatic imine (C=N–C) groups is 2. The zero-order valence-corrected chi connectivity index (χ0v) is 17.6. The number of allylic oxidation sites excluding steroid dienone is 1. The van der Waals surface area contributed by atoms with Crippen molar-refractivity contribution in [1.82, 2.24) is 4.90 Å². The van der Waals surface area contributed by atoms with E-state index in [1.54, 1.807) is 23.9 Å². The number of imide groups is 1. The lowest BCUT2D eigenvalue weighted by atomic mass is 9.89. The first-order valence-corrected chi connectivity index (χ1v) is 11.4. The van der Waals surface area contributed by atoms with Gasteiger partial charge in [0.1, 0.15) is 11.8 Å². The molecule has 0 radical (unpaired) electrons. The Labute approximate surface area is 183 Å². The van der Waals surface area contributed by atoms with Gasteiger partial charge in [-0.1, -0.05) is 36.0 Å².